The van der Waals surface area contributed by atoms with E-state index in [0.717, 1.165) is 22.2 Å². The van der Waals surface area contributed by atoms with Crippen LogP contribution in [0.3, 0.4) is 0 Å². The molecule has 1 N–H and O–H groups in total. The Hall–Kier alpha value is -4.83. The molecule has 0 spiro atoms. The lowest BCUT2D eigenvalue weighted by Crippen LogP contribution is -2.15. The first-order valence-corrected chi connectivity index (χ1v) is 10.3. The minimum atomic E-state index is -0.486. The molecule has 0 unspecified atom stereocenters. The first kappa shape index (κ1) is 20.1. The number of amides is 1. The van der Waals surface area contributed by atoms with Crippen molar-refractivity contribution >= 4 is 22.5 Å². The molecule has 0 radical (unpaired) electrons. The fourth-order valence-corrected chi connectivity index (χ4v) is 3.53. The molecule has 0 saturated heterocycles. The van der Waals surface area contributed by atoms with Gasteiger partial charge in [-0.05, 0) is 35.7 Å². The molecule has 0 aliphatic heterocycles. The highest BCUT2D eigenvalue weighted by atomic mass is 16.5. The zero-order chi connectivity index (χ0) is 22.6. The van der Waals surface area contributed by atoms with Gasteiger partial charge in [0.2, 0.25) is 0 Å². The lowest BCUT2D eigenvalue weighted by Gasteiger charge is -2.09. The second-order valence-electron chi connectivity index (χ2n) is 7.25. The lowest BCUT2D eigenvalue weighted by atomic mass is 10.1. The van der Waals surface area contributed by atoms with E-state index in [4.69, 9.17) is 9.15 Å². The van der Waals surface area contributed by atoms with Crippen LogP contribution in [0.2, 0.25) is 0 Å². The van der Waals surface area contributed by atoms with Crippen molar-refractivity contribution in [1.82, 2.24) is 9.78 Å². The van der Waals surface area contributed by atoms with E-state index >= 15 is 0 Å². The van der Waals surface area contributed by atoms with Crippen molar-refractivity contribution in [3.8, 4) is 17.5 Å². The predicted molar refractivity (Wildman–Crippen MR) is 123 cm³/mol. The summed E-state index contributed by atoms with van der Waals surface area (Å²) in [6, 6.07) is 28.4. The Morgan fingerprint density at radius 1 is 1.00 bits per heavy atom. The number of nitrogens with zero attached hydrogens (tertiary/aromatic N) is 3. The van der Waals surface area contributed by atoms with Crippen molar-refractivity contribution in [3.05, 3.63) is 108 Å². The third-order valence-corrected chi connectivity index (χ3v) is 5.13. The number of rotatable bonds is 6. The van der Waals surface area contributed by atoms with Crippen molar-refractivity contribution in [3.63, 3.8) is 0 Å². The van der Waals surface area contributed by atoms with Gasteiger partial charge >= 0.3 is 0 Å². The van der Waals surface area contributed by atoms with Crippen LogP contribution in [0.4, 0.5) is 5.82 Å². The van der Waals surface area contributed by atoms with E-state index in [1.165, 1.54) is 10.9 Å². The van der Waals surface area contributed by atoms with Crippen molar-refractivity contribution in [2.45, 2.75) is 6.61 Å². The molecule has 2 aromatic heterocycles. The van der Waals surface area contributed by atoms with Crippen LogP contribution in [0.5, 0.6) is 5.75 Å². The smallest absolute Gasteiger partial charge is 0.292 e. The maximum Gasteiger partial charge on any atom is 0.292 e. The number of hydrogen-bond acceptors (Lipinski definition) is 5. The highest BCUT2D eigenvalue weighted by Crippen LogP contribution is 2.26. The van der Waals surface area contributed by atoms with Crippen LogP contribution in [0, 0.1) is 11.3 Å². The van der Waals surface area contributed by atoms with Gasteiger partial charge in [0, 0.05) is 5.39 Å². The zero-order valence-electron chi connectivity index (χ0n) is 17.4. The Bertz CT molecular complexity index is 1470. The molecule has 160 valence electrons. The number of anilines is 1. The number of carbonyl (C=O) groups excluding carboxylic acids is 1. The van der Waals surface area contributed by atoms with Crippen LogP contribution in [0.15, 0.2) is 95.5 Å². The maximum atomic E-state index is 12.8. The van der Waals surface area contributed by atoms with Gasteiger partial charge in [0.15, 0.2) is 11.6 Å². The number of ether oxygens (including phenoxy) is 1. The fourth-order valence-electron chi connectivity index (χ4n) is 3.53. The number of hydrogen-bond donors (Lipinski definition) is 1. The summed E-state index contributed by atoms with van der Waals surface area (Å²) in [5.74, 6) is 1.14. The van der Waals surface area contributed by atoms with E-state index in [0.29, 0.717) is 5.76 Å². The molecule has 0 atom stereocenters. The molecular weight excluding hydrogens is 416 g/mol. The van der Waals surface area contributed by atoms with Crippen molar-refractivity contribution in [2.24, 2.45) is 0 Å². The summed E-state index contributed by atoms with van der Waals surface area (Å²) >= 11 is 0. The number of nitrogens with one attached hydrogen (secondary N) is 1. The van der Waals surface area contributed by atoms with Gasteiger partial charge in [-0.3, -0.25) is 4.79 Å². The van der Waals surface area contributed by atoms with Crippen LogP contribution < -0.4 is 10.1 Å². The number of aromatic nitrogens is 2. The van der Waals surface area contributed by atoms with Crippen molar-refractivity contribution < 1.29 is 13.9 Å². The predicted octanol–water partition coefficient (Wildman–Crippen LogP) is 5.32. The molecule has 0 aliphatic carbocycles. The van der Waals surface area contributed by atoms with Gasteiger partial charge in [-0.15, -0.1) is 0 Å². The van der Waals surface area contributed by atoms with E-state index < -0.39 is 5.91 Å². The highest BCUT2D eigenvalue weighted by molar-refractivity contribution is 6.02. The molecule has 5 rings (SSSR count). The van der Waals surface area contributed by atoms with Gasteiger partial charge in [-0.1, -0.05) is 54.6 Å². The number of furan rings is 1. The van der Waals surface area contributed by atoms with Crippen LogP contribution in [0.1, 0.15) is 21.9 Å². The summed E-state index contributed by atoms with van der Waals surface area (Å²) in [5.41, 5.74) is 0.969. The first-order chi connectivity index (χ1) is 16.2. The Morgan fingerprint density at radius 3 is 2.64 bits per heavy atom. The topological polar surface area (TPSA) is 93.1 Å². The molecule has 33 heavy (non-hydrogen) atoms. The third-order valence-electron chi connectivity index (χ3n) is 5.13. The normalized spacial score (nSPS) is 10.6. The zero-order valence-corrected chi connectivity index (χ0v) is 17.4. The summed E-state index contributed by atoms with van der Waals surface area (Å²) in [6.07, 6.45) is 1.41. The Labute approximate surface area is 189 Å². The van der Waals surface area contributed by atoms with Gasteiger partial charge in [-0.25, -0.2) is 4.68 Å². The van der Waals surface area contributed by atoms with E-state index in [9.17, 15) is 10.1 Å². The largest absolute Gasteiger partial charge is 0.485 e. The number of nitriles is 1. The maximum absolute atomic E-state index is 12.8. The Kier molecular flexibility index (Phi) is 5.32. The monoisotopic (exact) mass is 434 g/mol. The van der Waals surface area contributed by atoms with Gasteiger partial charge in [-0.2, -0.15) is 10.4 Å². The molecular formula is C26H18N4O3. The molecule has 3 aromatic carbocycles. The highest BCUT2D eigenvalue weighted by Gasteiger charge is 2.18. The molecule has 2 heterocycles. The van der Waals surface area contributed by atoms with Crippen LogP contribution in [0.25, 0.3) is 16.5 Å². The summed E-state index contributed by atoms with van der Waals surface area (Å²) in [4.78, 5) is 12.8. The average Bonchev–Trinajstić information content (AvgIpc) is 3.50. The minimum absolute atomic E-state index is 0.108. The number of benzene rings is 3. The fraction of sp³-hybridized carbons (Fsp3) is 0.0385. The summed E-state index contributed by atoms with van der Waals surface area (Å²) in [6.45, 7) is 0.173. The molecule has 7 nitrogen and oxygen atoms in total. The van der Waals surface area contributed by atoms with E-state index in [2.05, 4.69) is 16.5 Å². The second kappa shape index (κ2) is 8.73. The van der Waals surface area contributed by atoms with Crippen molar-refractivity contribution in [2.75, 3.05) is 5.32 Å². The standard InChI is InChI=1S/C26H18N4O3/c27-15-19-16-28-30(20-9-2-1-3-10-20)25(19)29-26(31)24-14-13-21(33-24)17-32-23-12-6-8-18-7-4-5-11-22(18)23/h1-14,16H,17H2,(H,29,31). The molecule has 0 aliphatic rings. The first-order valence-electron chi connectivity index (χ1n) is 10.3. The van der Waals surface area contributed by atoms with Crippen molar-refractivity contribution in [1.29, 1.82) is 5.26 Å². The number of para-hydroxylation sites is 1. The molecule has 5 aromatic rings. The summed E-state index contributed by atoms with van der Waals surface area (Å²) < 4.78 is 13.1. The van der Waals surface area contributed by atoms with E-state index in [-0.39, 0.29) is 23.7 Å². The third kappa shape index (κ3) is 4.05. The second-order valence-corrected chi connectivity index (χ2v) is 7.25. The lowest BCUT2D eigenvalue weighted by molar-refractivity contribution is 0.0992. The Balaban J connectivity index is 1.32. The number of fused-ring (bicyclic) bond motifs is 1. The molecule has 1 amide bonds. The molecule has 0 fully saturated rings. The molecule has 7 heteroatoms. The van der Waals surface area contributed by atoms with Gasteiger partial charge in [0.25, 0.3) is 5.91 Å². The summed E-state index contributed by atoms with van der Waals surface area (Å²) in [7, 11) is 0. The minimum Gasteiger partial charge on any atom is -0.485 e. The van der Waals surface area contributed by atoms with E-state index in [1.54, 1.807) is 12.1 Å². The summed E-state index contributed by atoms with van der Waals surface area (Å²) in [5, 5.41) is 18.5. The SMILES string of the molecule is N#Cc1cnn(-c2ccccc2)c1NC(=O)c1ccc(COc2cccc3ccccc23)o1. The molecule has 0 bridgehead atoms. The van der Waals surface area contributed by atoms with Crippen LogP contribution in [-0.4, -0.2) is 15.7 Å². The molecule has 0 saturated carbocycles. The van der Waals surface area contributed by atoms with Gasteiger partial charge in [0.05, 0.1) is 11.9 Å². The van der Waals surface area contributed by atoms with Crippen LogP contribution >= 0.6 is 0 Å². The van der Waals surface area contributed by atoms with Crippen LogP contribution in [-0.2, 0) is 6.61 Å². The number of carbonyl (C=O) groups is 1. The average molecular weight is 434 g/mol. The Morgan fingerprint density at radius 2 is 1.79 bits per heavy atom. The van der Waals surface area contributed by atoms with Gasteiger partial charge in [0.1, 0.15) is 29.7 Å². The van der Waals surface area contributed by atoms with E-state index in [1.807, 2.05) is 72.8 Å². The van der Waals surface area contributed by atoms with Gasteiger partial charge < -0.3 is 14.5 Å². The quantitative estimate of drug-likeness (QED) is 0.390.